The van der Waals surface area contributed by atoms with Gasteiger partial charge in [-0.2, -0.15) is 0 Å². The number of benzene rings is 3. The van der Waals surface area contributed by atoms with Crippen LogP contribution in [0.4, 0.5) is 0 Å². The number of rotatable bonds is 11. The van der Waals surface area contributed by atoms with Crippen molar-refractivity contribution in [3.05, 3.63) is 99.5 Å². The Hall–Kier alpha value is -3.12. The molecule has 6 heteroatoms. The number of amides is 2. The van der Waals surface area contributed by atoms with Crippen molar-refractivity contribution in [2.75, 3.05) is 13.2 Å². The van der Waals surface area contributed by atoms with Gasteiger partial charge in [0, 0.05) is 24.0 Å². The first kappa shape index (κ1) is 26.5. The SMILES string of the molecule is CCCNC(=O)[C@H](Cc1ccccc1)N(Cc1ccc(Br)cc1)C(=O)COc1cc(C)ccc1C. The molecule has 0 unspecified atom stereocenters. The van der Waals surface area contributed by atoms with Crippen molar-refractivity contribution < 1.29 is 14.3 Å². The minimum atomic E-state index is -0.665. The van der Waals surface area contributed by atoms with Gasteiger partial charge in [0.25, 0.3) is 5.91 Å². The highest BCUT2D eigenvalue weighted by Gasteiger charge is 2.30. The minimum absolute atomic E-state index is 0.146. The zero-order chi connectivity index (χ0) is 25.2. The average molecular weight is 537 g/mol. The Morgan fingerprint density at radius 2 is 1.69 bits per heavy atom. The third kappa shape index (κ3) is 7.96. The van der Waals surface area contributed by atoms with Gasteiger partial charge in [-0.05, 0) is 60.7 Å². The fraction of sp³-hybridized carbons (Fsp3) is 0.310. The number of nitrogens with one attached hydrogen (secondary N) is 1. The van der Waals surface area contributed by atoms with Crippen molar-refractivity contribution >= 4 is 27.7 Å². The predicted molar refractivity (Wildman–Crippen MR) is 143 cm³/mol. The van der Waals surface area contributed by atoms with E-state index in [-0.39, 0.29) is 18.4 Å². The number of carbonyl (C=O) groups is 2. The van der Waals surface area contributed by atoms with Gasteiger partial charge < -0.3 is 15.0 Å². The molecular formula is C29H33BrN2O3. The molecule has 3 aromatic carbocycles. The van der Waals surface area contributed by atoms with Crippen LogP contribution in [0.2, 0.25) is 0 Å². The molecule has 0 aliphatic carbocycles. The molecule has 0 aliphatic heterocycles. The summed E-state index contributed by atoms with van der Waals surface area (Å²) in [4.78, 5) is 28.6. The summed E-state index contributed by atoms with van der Waals surface area (Å²) >= 11 is 3.46. The second-order valence-corrected chi connectivity index (χ2v) is 9.62. The van der Waals surface area contributed by atoms with Crippen LogP contribution >= 0.6 is 15.9 Å². The third-order valence-corrected chi connectivity index (χ3v) is 6.31. The molecule has 0 spiro atoms. The maximum Gasteiger partial charge on any atom is 0.261 e. The van der Waals surface area contributed by atoms with Gasteiger partial charge in [-0.1, -0.05) is 77.5 Å². The van der Waals surface area contributed by atoms with Crippen LogP contribution in [0.3, 0.4) is 0 Å². The first-order valence-electron chi connectivity index (χ1n) is 11.9. The van der Waals surface area contributed by atoms with Crippen molar-refractivity contribution in [3.8, 4) is 5.75 Å². The van der Waals surface area contributed by atoms with Gasteiger partial charge in [-0.15, -0.1) is 0 Å². The fourth-order valence-corrected chi connectivity index (χ4v) is 4.06. The monoisotopic (exact) mass is 536 g/mol. The second kappa shape index (κ2) is 13.1. The van der Waals surface area contributed by atoms with Gasteiger partial charge in [-0.3, -0.25) is 9.59 Å². The van der Waals surface area contributed by atoms with E-state index in [4.69, 9.17) is 4.74 Å². The van der Waals surface area contributed by atoms with E-state index in [1.807, 2.05) is 93.6 Å². The topological polar surface area (TPSA) is 58.6 Å². The van der Waals surface area contributed by atoms with Crippen molar-refractivity contribution in [2.24, 2.45) is 0 Å². The lowest BCUT2D eigenvalue weighted by Crippen LogP contribution is -2.51. The number of ether oxygens (including phenoxy) is 1. The van der Waals surface area contributed by atoms with Gasteiger partial charge in [0.2, 0.25) is 5.91 Å². The lowest BCUT2D eigenvalue weighted by molar-refractivity contribution is -0.142. The van der Waals surface area contributed by atoms with E-state index in [9.17, 15) is 9.59 Å². The molecule has 0 saturated heterocycles. The highest BCUT2D eigenvalue weighted by molar-refractivity contribution is 9.10. The fourth-order valence-electron chi connectivity index (χ4n) is 3.79. The van der Waals surface area contributed by atoms with Crippen LogP contribution in [-0.2, 0) is 22.6 Å². The van der Waals surface area contributed by atoms with Crippen LogP contribution in [0.1, 0.15) is 35.6 Å². The predicted octanol–water partition coefficient (Wildman–Crippen LogP) is 5.61. The van der Waals surface area contributed by atoms with Crippen LogP contribution < -0.4 is 10.1 Å². The molecule has 0 radical (unpaired) electrons. The number of hydrogen-bond donors (Lipinski definition) is 1. The zero-order valence-corrected chi connectivity index (χ0v) is 22.2. The van der Waals surface area contributed by atoms with Gasteiger partial charge in [0.1, 0.15) is 11.8 Å². The summed E-state index contributed by atoms with van der Waals surface area (Å²) in [6, 6.07) is 22.8. The summed E-state index contributed by atoms with van der Waals surface area (Å²) in [5.74, 6) is 0.284. The Kier molecular flexibility index (Phi) is 9.91. The first-order valence-corrected chi connectivity index (χ1v) is 12.7. The molecule has 0 fully saturated rings. The smallest absolute Gasteiger partial charge is 0.261 e. The van der Waals surface area contributed by atoms with Gasteiger partial charge in [0.15, 0.2) is 6.61 Å². The molecule has 184 valence electrons. The molecule has 0 aromatic heterocycles. The first-order chi connectivity index (χ1) is 16.9. The number of hydrogen-bond acceptors (Lipinski definition) is 3. The van der Waals surface area contributed by atoms with Crippen LogP contribution in [0.25, 0.3) is 0 Å². The van der Waals surface area contributed by atoms with Crippen molar-refractivity contribution in [1.29, 1.82) is 0 Å². The highest BCUT2D eigenvalue weighted by atomic mass is 79.9. The summed E-state index contributed by atoms with van der Waals surface area (Å²) in [6.45, 7) is 6.67. The molecule has 0 bridgehead atoms. The molecular weight excluding hydrogens is 504 g/mol. The van der Waals surface area contributed by atoms with E-state index in [0.717, 1.165) is 33.1 Å². The normalized spacial score (nSPS) is 11.5. The van der Waals surface area contributed by atoms with Crippen LogP contribution in [-0.4, -0.2) is 35.9 Å². The van der Waals surface area contributed by atoms with Crippen LogP contribution in [0.15, 0.2) is 77.3 Å². The molecule has 1 atom stereocenters. The summed E-state index contributed by atoms with van der Waals surface area (Å²) in [7, 11) is 0. The van der Waals surface area contributed by atoms with E-state index < -0.39 is 6.04 Å². The Morgan fingerprint density at radius 3 is 2.37 bits per heavy atom. The largest absolute Gasteiger partial charge is 0.483 e. The van der Waals surface area contributed by atoms with E-state index in [2.05, 4.69) is 21.2 Å². The van der Waals surface area contributed by atoms with Gasteiger partial charge >= 0.3 is 0 Å². The Labute approximate surface area is 216 Å². The summed E-state index contributed by atoms with van der Waals surface area (Å²) in [5.41, 5.74) is 3.96. The standard InChI is InChI=1S/C29H33BrN2O3/c1-4-16-31-29(34)26(18-23-8-6-5-7-9-23)32(19-24-12-14-25(30)15-13-24)28(33)20-35-27-17-21(2)10-11-22(27)3/h5-15,17,26H,4,16,18-20H2,1-3H3,(H,31,34)/t26-/m0/s1. The van der Waals surface area contributed by atoms with Crippen molar-refractivity contribution in [1.82, 2.24) is 10.2 Å². The highest BCUT2D eigenvalue weighted by Crippen LogP contribution is 2.21. The van der Waals surface area contributed by atoms with Gasteiger partial charge in [-0.25, -0.2) is 0 Å². The maximum absolute atomic E-state index is 13.6. The zero-order valence-electron chi connectivity index (χ0n) is 20.6. The number of nitrogens with zero attached hydrogens (tertiary/aromatic N) is 1. The molecule has 0 saturated carbocycles. The quantitative estimate of drug-likeness (QED) is 0.346. The molecule has 2 amide bonds. The lowest BCUT2D eigenvalue weighted by atomic mass is 10.0. The molecule has 0 aliphatic rings. The van der Waals surface area contributed by atoms with Gasteiger partial charge in [0.05, 0.1) is 0 Å². The molecule has 35 heavy (non-hydrogen) atoms. The third-order valence-electron chi connectivity index (χ3n) is 5.78. The summed E-state index contributed by atoms with van der Waals surface area (Å²) in [5, 5.41) is 2.99. The second-order valence-electron chi connectivity index (χ2n) is 8.70. The van der Waals surface area contributed by atoms with E-state index >= 15 is 0 Å². The molecule has 0 heterocycles. The summed E-state index contributed by atoms with van der Waals surface area (Å²) < 4.78 is 6.91. The molecule has 5 nitrogen and oxygen atoms in total. The molecule has 3 rings (SSSR count). The van der Waals surface area contributed by atoms with Crippen LogP contribution in [0.5, 0.6) is 5.75 Å². The number of halogens is 1. The van der Waals surface area contributed by atoms with E-state index in [0.29, 0.717) is 25.3 Å². The molecule has 3 aromatic rings. The Balaban J connectivity index is 1.90. The van der Waals surface area contributed by atoms with Crippen LogP contribution in [0, 0.1) is 13.8 Å². The molecule has 1 N–H and O–H groups in total. The minimum Gasteiger partial charge on any atom is -0.483 e. The Bertz CT molecular complexity index is 1120. The summed E-state index contributed by atoms with van der Waals surface area (Å²) in [6.07, 6.45) is 1.24. The number of aryl methyl sites for hydroxylation is 2. The van der Waals surface area contributed by atoms with Crippen molar-refractivity contribution in [2.45, 2.75) is 46.2 Å². The number of carbonyl (C=O) groups excluding carboxylic acids is 2. The van der Waals surface area contributed by atoms with E-state index in [1.165, 1.54) is 0 Å². The van der Waals surface area contributed by atoms with Crippen molar-refractivity contribution in [3.63, 3.8) is 0 Å². The van der Waals surface area contributed by atoms with E-state index in [1.54, 1.807) is 4.90 Å². The average Bonchev–Trinajstić information content (AvgIpc) is 2.86. The lowest BCUT2D eigenvalue weighted by Gasteiger charge is -2.31. The maximum atomic E-state index is 13.6. The Morgan fingerprint density at radius 1 is 0.971 bits per heavy atom.